The number of esters is 1. The number of hydrogen-bond acceptors (Lipinski definition) is 6. The Hall–Kier alpha value is -1.79. The summed E-state index contributed by atoms with van der Waals surface area (Å²) >= 11 is 0. The lowest BCUT2D eigenvalue weighted by Crippen LogP contribution is -2.51. The topological polar surface area (TPSA) is 74.0 Å². The van der Waals surface area contributed by atoms with Crippen molar-refractivity contribution >= 4 is 5.97 Å². The third-order valence-electron chi connectivity index (χ3n) is 4.82. The van der Waals surface area contributed by atoms with Crippen molar-refractivity contribution in [2.75, 3.05) is 27.1 Å². The van der Waals surface area contributed by atoms with Crippen LogP contribution in [0.2, 0.25) is 0 Å². The van der Waals surface area contributed by atoms with E-state index >= 15 is 0 Å². The molecule has 0 aromatic heterocycles. The Balaban J connectivity index is 2.51. The molecule has 0 saturated carbocycles. The molecule has 1 saturated heterocycles. The molecule has 168 valence electrons. The monoisotopic (exact) mass is 437 g/mol. The van der Waals surface area contributed by atoms with Crippen molar-refractivity contribution in [3.8, 4) is 11.5 Å². The number of ether oxygens (including phenoxy) is 3. The highest BCUT2D eigenvalue weighted by molar-refractivity contribution is 5.76. The normalized spacial score (nSPS) is 43.7. The molecule has 0 aliphatic carbocycles. The van der Waals surface area contributed by atoms with E-state index in [0.717, 1.165) is 0 Å². The van der Waals surface area contributed by atoms with Gasteiger partial charge in [0.15, 0.2) is 11.5 Å². The summed E-state index contributed by atoms with van der Waals surface area (Å²) < 4.78 is 174. The summed E-state index contributed by atoms with van der Waals surface area (Å²) in [6.07, 6.45) is -10.7. The lowest BCUT2D eigenvalue weighted by molar-refractivity contribution is -0.160. The summed E-state index contributed by atoms with van der Waals surface area (Å²) in [4.78, 5) is 13.9. The minimum atomic E-state index is -3.86. The zero-order valence-electron chi connectivity index (χ0n) is 35.9. The van der Waals surface area contributed by atoms with Crippen molar-refractivity contribution in [2.24, 2.45) is 23.4 Å². The standard InChI is InChI=1S/C24H38N2O4/c1-14(2)9-17-13-26-8-7-16-10-21(28-5)22(29-6)11-18(16)19(26)12-20(17)30-24(27)23(25)15(3)4/h10-11,14-15,17,19-20,23H,7-9,12-13,25H2,1-6H3/t17?,19?,20?,23-/m0/s1/i1D3,5D3,6D3,9D2,10D,11D,12D2,13D2,14D,17D/t14?,17?,19?,20?,23-. The summed E-state index contributed by atoms with van der Waals surface area (Å²) in [5.41, 5.74) is 4.95. The number of rotatable bonds is 7. The Bertz CT molecular complexity index is 1460. The van der Waals surface area contributed by atoms with E-state index < -0.39 is 124 Å². The minimum absolute atomic E-state index is 0.319. The second kappa shape index (κ2) is 9.56. The number of carbonyl (C=O) groups is 1. The molecular weight excluding hydrogens is 380 g/mol. The van der Waals surface area contributed by atoms with Gasteiger partial charge in [-0.2, -0.15) is 0 Å². The number of piperidine rings is 1. The fourth-order valence-electron chi connectivity index (χ4n) is 3.20. The Labute approximate surface area is 207 Å². The second-order valence-corrected chi connectivity index (χ2v) is 7.38. The summed E-state index contributed by atoms with van der Waals surface area (Å²) in [6, 6.07) is -5.67. The van der Waals surface area contributed by atoms with Crippen LogP contribution in [-0.2, 0) is 16.0 Å². The third-order valence-corrected chi connectivity index (χ3v) is 4.82. The fourth-order valence-corrected chi connectivity index (χ4v) is 3.20. The van der Waals surface area contributed by atoms with Crippen LogP contribution < -0.4 is 15.2 Å². The summed E-state index contributed by atoms with van der Waals surface area (Å²) in [5, 5.41) is 0. The number of nitrogens with two attached hydrogens (primary N) is 1. The molecule has 2 aliphatic heterocycles. The highest BCUT2D eigenvalue weighted by Gasteiger charge is 2.41. The van der Waals surface area contributed by atoms with Gasteiger partial charge in [0.05, 0.1) is 25.0 Å². The predicted molar refractivity (Wildman–Crippen MR) is 118 cm³/mol. The lowest BCUT2D eigenvalue weighted by Gasteiger charge is -2.47. The van der Waals surface area contributed by atoms with Gasteiger partial charge in [-0.3, -0.25) is 9.69 Å². The quantitative estimate of drug-likeness (QED) is 0.658. The molecular formula is C24H38N2O4. The van der Waals surface area contributed by atoms with Crippen LogP contribution in [0.1, 0.15) is 83.6 Å². The molecule has 2 aliphatic rings. The van der Waals surface area contributed by atoms with Crippen LogP contribution >= 0.6 is 0 Å². The van der Waals surface area contributed by atoms with Crippen LogP contribution in [-0.4, -0.2) is 50.1 Å². The van der Waals surface area contributed by atoms with Gasteiger partial charge in [0, 0.05) is 46.4 Å². The number of carbonyl (C=O) groups excluding carboxylic acids is 1. The molecule has 6 heteroatoms. The van der Waals surface area contributed by atoms with Crippen molar-refractivity contribution in [1.82, 2.24) is 4.90 Å². The molecule has 1 aromatic carbocycles. The molecule has 4 unspecified atom stereocenters. The van der Waals surface area contributed by atoms with E-state index in [1.807, 2.05) is 0 Å². The van der Waals surface area contributed by atoms with E-state index in [0.29, 0.717) is 11.8 Å². The van der Waals surface area contributed by atoms with Gasteiger partial charge in [-0.15, -0.1) is 0 Å². The van der Waals surface area contributed by atoms with Crippen LogP contribution in [0.25, 0.3) is 0 Å². The first-order valence-electron chi connectivity index (χ1n) is 18.9. The van der Waals surface area contributed by atoms with Crippen LogP contribution in [0, 0.1) is 17.7 Å². The van der Waals surface area contributed by atoms with E-state index in [4.69, 9.17) is 39.1 Å². The van der Waals surface area contributed by atoms with Crippen molar-refractivity contribution in [1.29, 1.82) is 0 Å². The maximum Gasteiger partial charge on any atom is 0.323 e. The van der Waals surface area contributed by atoms with Gasteiger partial charge >= 0.3 is 5.97 Å². The van der Waals surface area contributed by atoms with Gasteiger partial charge in [0.25, 0.3) is 0 Å². The molecule has 1 fully saturated rings. The predicted octanol–water partition coefficient (Wildman–Crippen LogP) is 3.56. The van der Waals surface area contributed by atoms with Gasteiger partial charge < -0.3 is 19.9 Å². The minimum Gasteiger partial charge on any atom is -0.493 e. The van der Waals surface area contributed by atoms with Crippen molar-refractivity contribution in [3.63, 3.8) is 0 Å². The van der Waals surface area contributed by atoms with Crippen molar-refractivity contribution < 1.29 is 45.0 Å². The molecule has 2 heterocycles. The number of nitrogens with zero attached hydrogens (tertiary/aromatic N) is 1. The van der Waals surface area contributed by atoms with Crippen LogP contribution in [0.15, 0.2) is 12.1 Å². The van der Waals surface area contributed by atoms with Gasteiger partial charge in [0.1, 0.15) is 12.1 Å². The first-order valence-corrected chi connectivity index (χ1v) is 9.38. The van der Waals surface area contributed by atoms with E-state index in [1.165, 1.54) is 13.8 Å². The number of methoxy groups -OCH3 is 2. The van der Waals surface area contributed by atoms with Crippen LogP contribution in [0.3, 0.4) is 0 Å². The maximum absolute atomic E-state index is 13.3. The molecule has 0 bridgehead atoms. The molecule has 1 aromatic rings. The van der Waals surface area contributed by atoms with Gasteiger partial charge in [-0.1, -0.05) is 27.6 Å². The molecule has 30 heavy (non-hydrogen) atoms. The number of fused-ring (bicyclic) bond motifs is 3. The van der Waals surface area contributed by atoms with E-state index in [9.17, 15) is 11.6 Å². The zero-order valence-corrected chi connectivity index (χ0v) is 16.9. The molecule has 0 spiro atoms. The Morgan fingerprint density at radius 3 is 2.83 bits per heavy atom. The Kier molecular flexibility index (Phi) is 2.75. The molecule has 5 atom stereocenters. The summed E-state index contributed by atoms with van der Waals surface area (Å²) in [5.74, 6) is -11.4. The third kappa shape index (κ3) is 4.75. The van der Waals surface area contributed by atoms with E-state index in [2.05, 4.69) is 0 Å². The maximum atomic E-state index is 13.3. The molecule has 3 rings (SSSR count). The van der Waals surface area contributed by atoms with Crippen molar-refractivity contribution in [2.45, 2.75) is 65.0 Å². The van der Waals surface area contributed by atoms with Gasteiger partial charge in [0.2, 0.25) is 0 Å². The second-order valence-electron chi connectivity index (χ2n) is 7.38. The highest BCUT2D eigenvalue weighted by Crippen LogP contribution is 2.44. The first-order chi connectivity index (χ1) is 21.6. The SMILES string of the molecule is [2H]c1c2c(c([2H])c(OC([2H])([2H])[2H])c1OC([2H])([2H])[2H])C1N(CC2)C([2H])([2H])C([2H])(C([2H])([2H])C([2H])(C)C([2H])([2H])[2H])C(OC(=O)[C@@H](N)C(C)C)C1([2H])[2H]. The smallest absolute Gasteiger partial charge is 0.323 e. The lowest BCUT2D eigenvalue weighted by atomic mass is 9.79. The molecule has 0 radical (unpaired) electrons. The Morgan fingerprint density at radius 1 is 1.43 bits per heavy atom. The van der Waals surface area contributed by atoms with Gasteiger partial charge in [-0.25, -0.2) is 0 Å². The average Bonchev–Trinajstić information content (AvgIpc) is 2.91. The molecule has 2 N–H and O–H groups in total. The average molecular weight is 438 g/mol. The largest absolute Gasteiger partial charge is 0.493 e. The van der Waals surface area contributed by atoms with E-state index in [1.54, 1.807) is 0 Å². The number of benzene rings is 1. The van der Waals surface area contributed by atoms with Crippen LogP contribution in [0.5, 0.6) is 11.5 Å². The molecule has 0 amide bonds. The first kappa shape index (κ1) is 8.62. The molecule has 6 nitrogen and oxygen atoms in total. The zero-order chi connectivity index (χ0) is 38.5. The summed E-state index contributed by atoms with van der Waals surface area (Å²) in [7, 11) is -6.68. The number of hydrogen-bond donors (Lipinski definition) is 1. The van der Waals surface area contributed by atoms with Crippen LogP contribution in [0.4, 0.5) is 0 Å². The summed E-state index contributed by atoms with van der Waals surface area (Å²) in [6.45, 7) is -4.27. The fraction of sp³-hybridized carbons (Fsp3) is 0.708. The van der Waals surface area contributed by atoms with Gasteiger partial charge in [-0.05, 0) is 47.8 Å². The highest BCUT2D eigenvalue weighted by atomic mass is 16.5. The Morgan fingerprint density at radius 2 is 2.17 bits per heavy atom. The van der Waals surface area contributed by atoms with E-state index in [-0.39, 0.29) is 5.56 Å². The van der Waals surface area contributed by atoms with Crippen molar-refractivity contribution in [3.05, 3.63) is 23.2 Å².